The van der Waals surface area contributed by atoms with E-state index >= 15 is 0 Å². The van der Waals surface area contributed by atoms with Crippen LogP contribution in [-0.2, 0) is 14.3 Å². The Labute approximate surface area is 253 Å². The molecule has 12 heteroatoms. The summed E-state index contributed by atoms with van der Waals surface area (Å²) in [4.78, 5) is 36.4. The van der Waals surface area contributed by atoms with Crippen LogP contribution in [0.1, 0.15) is 41.8 Å². The van der Waals surface area contributed by atoms with Crippen LogP contribution in [0.15, 0.2) is 47.1 Å². The number of thiocarbonyl (C=S) groups is 1. The Morgan fingerprint density at radius 2 is 2.10 bits per heavy atom. The number of ether oxygens (including phenoxy) is 1. The monoisotopic (exact) mass is 611 g/mol. The van der Waals surface area contributed by atoms with Crippen LogP contribution in [0.2, 0.25) is 0 Å². The van der Waals surface area contributed by atoms with Crippen LogP contribution >= 0.6 is 23.6 Å². The quantitative estimate of drug-likeness (QED) is 0.324. The Bertz CT molecular complexity index is 1470. The van der Waals surface area contributed by atoms with E-state index in [1.807, 2.05) is 17.5 Å². The second-order valence-electron chi connectivity index (χ2n) is 11.4. The van der Waals surface area contributed by atoms with E-state index in [1.165, 1.54) is 17.4 Å². The third-order valence-electron chi connectivity index (χ3n) is 8.75. The Kier molecular flexibility index (Phi) is 7.79. The van der Waals surface area contributed by atoms with Gasteiger partial charge in [-0.25, -0.2) is 14.2 Å². The number of thiazole rings is 1. The van der Waals surface area contributed by atoms with Gasteiger partial charge in [0.25, 0.3) is 0 Å². The van der Waals surface area contributed by atoms with E-state index in [-0.39, 0.29) is 18.5 Å². The fourth-order valence-corrected chi connectivity index (χ4v) is 7.28. The van der Waals surface area contributed by atoms with Gasteiger partial charge < -0.3 is 25.0 Å². The van der Waals surface area contributed by atoms with Crippen molar-refractivity contribution in [2.75, 3.05) is 45.9 Å². The van der Waals surface area contributed by atoms with Crippen LogP contribution in [0.3, 0.4) is 0 Å². The van der Waals surface area contributed by atoms with Crippen LogP contribution < -0.4 is 5.32 Å². The second-order valence-corrected chi connectivity index (χ2v) is 12.7. The summed E-state index contributed by atoms with van der Waals surface area (Å²) in [5.74, 6) is -2.02. The number of carbonyl (C=O) groups is 2. The number of halogens is 1. The molecule has 0 unspecified atom stereocenters. The summed E-state index contributed by atoms with van der Waals surface area (Å²) in [6, 6.07) is 5.08. The Morgan fingerprint density at radius 1 is 1.29 bits per heavy atom. The Morgan fingerprint density at radius 3 is 2.79 bits per heavy atom. The molecule has 1 aliphatic carbocycles. The maximum absolute atomic E-state index is 14.8. The minimum absolute atomic E-state index is 0.126. The largest absolute Gasteiger partial charge is 0.481 e. The molecule has 9 nitrogen and oxygen atoms in total. The smallest absolute Gasteiger partial charge is 0.336 e. The van der Waals surface area contributed by atoms with Gasteiger partial charge in [0.2, 0.25) is 0 Å². The molecule has 3 fully saturated rings. The number of carbonyl (C=O) groups excluding carboxylic acids is 1. The number of fused-ring (bicyclic) bond motifs is 1. The highest BCUT2D eigenvalue weighted by Gasteiger charge is 2.53. The van der Waals surface area contributed by atoms with E-state index in [9.17, 15) is 19.1 Å². The maximum atomic E-state index is 14.8. The van der Waals surface area contributed by atoms with Gasteiger partial charge in [-0.05, 0) is 62.2 Å². The molecule has 0 bridgehead atoms. The van der Waals surface area contributed by atoms with Gasteiger partial charge in [0.1, 0.15) is 10.8 Å². The summed E-state index contributed by atoms with van der Waals surface area (Å²) in [5, 5.41) is 16.6. The summed E-state index contributed by atoms with van der Waals surface area (Å²) in [5.41, 5.74) is 2.48. The minimum atomic E-state index is -0.745. The predicted molar refractivity (Wildman–Crippen MR) is 161 cm³/mol. The first-order chi connectivity index (χ1) is 20.2. The van der Waals surface area contributed by atoms with Crippen molar-refractivity contribution in [2.24, 2.45) is 5.41 Å². The number of hydrogen-bond donors (Lipinski definition) is 2. The van der Waals surface area contributed by atoms with Crippen molar-refractivity contribution in [2.45, 2.75) is 38.6 Å². The molecular formula is C30H34FN5O4S2. The highest BCUT2D eigenvalue weighted by molar-refractivity contribution is 7.80. The molecule has 2 N–H and O–H groups in total. The highest BCUT2D eigenvalue weighted by atomic mass is 32.1. The van der Waals surface area contributed by atoms with E-state index in [1.54, 1.807) is 26.1 Å². The van der Waals surface area contributed by atoms with Gasteiger partial charge in [-0.15, -0.1) is 11.3 Å². The third kappa shape index (κ3) is 5.31. The first-order valence-corrected chi connectivity index (χ1v) is 15.5. The molecule has 2 atom stereocenters. The molecule has 3 aliphatic heterocycles. The Balaban J connectivity index is 1.29. The molecule has 6 rings (SSSR count). The van der Waals surface area contributed by atoms with Gasteiger partial charge in [0, 0.05) is 62.5 Å². The van der Waals surface area contributed by atoms with Crippen LogP contribution in [0.25, 0.3) is 5.70 Å². The number of esters is 1. The number of rotatable bonds is 9. The second kappa shape index (κ2) is 11.4. The normalized spacial score (nSPS) is 23.4. The van der Waals surface area contributed by atoms with E-state index in [0.717, 1.165) is 22.4 Å². The number of nitrogens with one attached hydrogen (secondary N) is 1. The lowest BCUT2D eigenvalue weighted by molar-refractivity contribution is -0.143. The predicted octanol–water partition coefficient (Wildman–Crippen LogP) is 3.59. The van der Waals surface area contributed by atoms with Crippen LogP contribution in [0, 0.1) is 18.2 Å². The van der Waals surface area contributed by atoms with Crippen molar-refractivity contribution in [1.29, 1.82) is 0 Å². The number of dihydropyridines is 1. The average Bonchev–Trinajstić information content (AvgIpc) is 3.41. The van der Waals surface area contributed by atoms with Gasteiger partial charge in [-0.2, -0.15) is 0 Å². The lowest BCUT2D eigenvalue weighted by atomic mass is 9.84. The molecule has 2 saturated heterocycles. The number of aliphatic carboxylic acids is 1. The lowest BCUT2D eigenvalue weighted by Gasteiger charge is -2.39. The molecular weight excluding hydrogens is 577 g/mol. The SMILES string of the molecule is CCOC(=O)C1=C(CN2CCN3C(=S)N(CC4(C(=O)O)CC4)C[C@@H]3C2)NC(c2nccs2)=C[C@H]1c1cccc(F)c1C. The molecule has 42 heavy (non-hydrogen) atoms. The number of carboxylic acid groups (broad SMARTS) is 1. The summed E-state index contributed by atoms with van der Waals surface area (Å²) in [6.07, 6.45) is 5.06. The van der Waals surface area contributed by atoms with Crippen molar-refractivity contribution >= 4 is 46.3 Å². The van der Waals surface area contributed by atoms with E-state index < -0.39 is 23.3 Å². The molecule has 0 radical (unpaired) electrons. The molecule has 222 valence electrons. The third-order valence-corrected chi connectivity index (χ3v) is 10.1. The molecule has 4 aliphatic rings. The lowest BCUT2D eigenvalue weighted by Crippen LogP contribution is -2.53. The fourth-order valence-electron chi connectivity index (χ4n) is 6.28. The van der Waals surface area contributed by atoms with Crippen molar-refractivity contribution < 1.29 is 23.8 Å². The minimum Gasteiger partial charge on any atom is -0.481 e. The molecule has 1 aromatic heterocycles. The first kappa shape index (κ1) is 28.8. The number of piperazine rings is 1. The first-order valence-electron chi connectivity index (χ1n) is 14.3. The van der Waals surface area contributed by atoms with Gasteiger partial charge in [0.15, 0.2) is 5.11 Å². The molecule has 2 aromatic rings. The van der Waals surface area contributed by atoms with Gasteiger partial charge in [-0.1, -0.05) is 12.1 Å². The summed E-state index contributed by atoms with van der Waals surface area (Å²) < 4.78 is 20.3. The molecule has 4 heterocycles. The summed E-state index contributed by atoms with van der Waals surface area (Å²) >= 11 is 7.26. The number of allylic oxidation sites excluding steroid dienone is 1. The number of benzene rings is 1. The maximum Gasteiger partial charge on any atom is 0.336 e. The van der Waals surface area contributed by atoms with E-state index in [2.05, 4.69) is 25.0 Å². The van der Waals surface area contributed by atoms with Crippen molar-refractivity contribution in [1.82, 2.24) is 25.0 Å². The Hall–Kier alpha value is -3.35. The molecule has 1 saturated carbocycles. The standard InChI is InChI=1S/C30H34FN5O4S2/c1-3-40-27(37)25-21(20-5-4-6-22(31)18(20)2)13-23(26-32-9-12-42-26)33-24(25)16-34-10-11-36-19(14-34)15-35(29(36)41)17-30(7-8-30)28(38)39/h4-6,9,12-13,19,21,33H,3,7-8,10-11,14-17H2,1-2H3,(H,38,39)/t19-,21-/m0/s1. The van der Waals surface area contributed by atoms with Gasteiger partial charge in [-0.3, -0.25) is 9.69 Å². The summed E-state index contributed by atoms with van der Waals surface area (Å²) in [7, 11) is 0. The van der Waals surface area contributed by atoms with Gasteiger partial charge >= 0.3 is 11.9 Å². The number of carboxylic acids is 1. The zero-order chi connectivity index (χ0) is 29.6. The fraction of sp³-hybridized carbons (Fsp3) is 0.467. The number of nitrogens with zero attached hydrogens (tertiary/aromatic N) is 4. The van der Waals surface area contributed by atoms with Gasteiger partial charge in [0.05, 0.1) is 29.3 Å². The summed E-state index contributed by atoms with van der Waals surface area (Å²) in [6.45, 7) is 7.45. The highest BCUT2D eigenvalue weighted by Crippen LogP contribution is 2.47. The topological polar surface area (TPSA) is 98.2 Å². The van der Waals surface area contributed by atoms with E-state index in [0.29, 0.717) is 68.0 Å². The van der Waals surface area contributed by atoms with E-state index in [4.69, 9.17) is 17.0 Å². The van der Waals surface area contributed by atoms with Crippen molar-refractivity contribution in [3.05, 3.63) is 69.1 Å². The van der Waals surface area contributed by atoms with Crippen molar-refractivity contribution in [3.63, 3.8) is 0 Å². The zero-order valence-corrected chi connectivity index (χ0v) is 25.3. The molecule has 0 amide bonds. The van der Waals surface area contributed by atoms with Crippen molar-refractivity contribution in [3.8, 4) is 0 Å². The molecule has 0 spiro atoms. The van der Waals surface area contributed by atoms with Crippen LogP contribution in [0.4, 0.5) is 4.39 Å². The van der Waals surface area contributed by atoms with Crippen LogP contribution in [0.5, 0.6) is 0 Å². The number of hydrogen-bond acceptors (Lipinski definition) is 8. The average molecular weight is 612 g/mol. The molecule has 1 aromatic carbocycles. The van der Waals surface area contributed by atoms with Crippen LogP contribution in [-0.4, -0.2) is 93.8 Å². The number of aromatic nitrogens is 1. The zero-order valence-electron chi connectivity index (χ0n) is 23.6.